The number of anilines is 1. The van der Waals surface area contributed by atoms with Crippen LogP contribution in [0.2, 0.25) is 0 Å². The third-order valence-electron chi connectivity index (χ3n) is 4.30. The lowest BCUT2D eigenvalue weighted by atomic mass is 10.1. The predicted octanol–water partition coefficient (Wildman–Crippen LogP) is 3.08. The molecule has 0 heterocycles. The molecule has 0 saturated carbocycles. The van der Waals surface area contributed by atoms with Crippen LogP contribution in [0.25, 0.3) is 0 Å². The normalized spacial score (nSPS) is 11.4. The van der Waals surface area contributed by atoms with E-state index >= 15 is 0 Å². The van der Waals surface area contributed by atoms with E-state index in [0.29, 0.717) is 24.3 Å². The Balaban J connectivity index is 2.11. The summed E-state index contributed by atoms with van der Waals surface area (Å²) in [5, 5.41) is 2.76. The minimum Gasteiger partial charge on any atom is -0.495 e. The van der Waals surface area contributed by atoms with Crippen LogP contribution in [0.5, 0.6) is 5.75 Å². The largest absolute Gasteiger partial charge is 0.495 e. The molecular weight excluding hydrogens is 364 g/mol. The zero-order valence-electron chi connectivity index (χ0n) is 16.2. The molecule has 0 fully saturated rings. The highest BCUT2D eigenvalue weighted by atomic mass is 32.2. The molecular formula is C20H26N2O4S. The van der Waals surface area contributed by atoms with E-state index in [1.54, 1.807) is 0 Å². The minimum atomic E-state index is -3.60. The van der Waals surface area contributed by atoms with Crippen molar-refractivity contribution < 1.29 is 17.9 Å². The lowest BCUT2D eigenvalue weighted by molar-refractivity contribution is -0.116. The standard InChI is InChI=1S/C20H26N2O4S/c1-5-15-6-8-16(9-7-15)10-13-20(23)21-18-14-17(11-12-19(18)26-4)27(24,25)22(2)3/h6-9,11-12,14H,5,10,13H2,1-4H3,(H,21,23). The number of amides is 1. The Labute approximate surface area is 161 Å². The van der Waals surface area contributed by atoms with Gasteiger partial charge in [-0.3, -0.25) is 4.79 Å². The van der Waals surface area contributed by atoms with Crippen LogP contribution < -0.4 is 10.1 Å². The van der Waals surface area contributed by atoms with E-state index < -0.39 is 10.0 Å². The van der Waals surface area contributed by atoms with E-state index in [1.807, 2.05) is 12.1 Å². The van der Waals surface area contributed by atoms with Crippen LogP contribution >= 0.6 is 0 Å². The Kier molecular flexibility index (Phi) is 6.98. The summed E-state index contributed by atoms with van der Waals surface area (Å²) in [4.78, 5) is 12.4. The molecule has 0 aliphatic rings. The summed E-state index contributed by atoms with van der Waals surface area (Å²) < 4.78 is 31.0. The summed E-state index contributed by atoms with van der Waals surface area (Å²) in [5.41, 5.74) is 2.68. The number of carbonyl (C=O) groups is 1. The average Bonchev–Trinajstić information content (AvgIpc) is 2.66. The van der Waals surface area contributed by atoms with Gasteiger partial charge in [-0.2, -0.15) is 0 Å². The Bertz CT molecular complexity index is 891. The molecule has 146 valence electrons. The van der Waals surface area contributed by atoms with Gasteiger partial charge in [0.05, 0.1) is 17.7 Å². The van der Waals surface area contributed by atoms with Crippen molar-refractivity contribution in [2.45, 2.75) is 31.1 Å². The lowest BCUT2D eigenvalue weighted by Gasteiger charge is -2.15. The highest BCUT2D eigenvalue weighted by molar-refractivity contribution is 7.89. The van der Waals surface area contributed by atoms with E-state index in [0.717, 1.165) is 16.3 Å². The van der Waals surface area contributed by atoms with E-state index in [9.17, 15) is 13.2 Å². The Hall–Kier alpha value is -2.38. The summed E-state index contributed by atoms with van der Waals surface area (Å²) in [7, 11) is 0.797. The van der Waals surface area contributed by atoms with Crippen LogP contribution in [-0.2, 0) is 27.7 Å². The lowest BCUT2D eigenvalue weighted by Crippen LogP contribution is -2.22. The second-order valence-electron chi connectivity index (χ2n) is 6.37. The van der Waals surface area contributed by atoms with Crippen molar-refractivity contribution in [2.75, 3.05) is 26.5 Å². The van der Waals surface area contributed by atoms with Crippen molar-refractivity contribution in [1.29, 1.82) is 0 Å². The molecule has 0 spiro atoms. The van der Waals surface area contributed by atoms with Crippen molar-refractivity contribution in [1.82, 2.24) is 4.31 Å². The molecule has 0 saturated heterocycles. The maximum absolute atomic E-state index is 12.3. The highest BCUT2D eigenvalue weighted by Crippen LogP contribution is 2.28. The molecule has 0 bridgehead atoms. The number of nitrogens with one attached hydrogen (secondary N) is 1. The third-order valence-corrected chi connectivity index (χ3v) is 6.11. The number of sulfonamides is 1. The topological polar surface area (TPSA) is 75.7 Å². The summed E-state index contributed by atoms with van der Waals surface area (Å²) in [5.74, 6) is 0.209. The van der Waals surface area contributed by atoms with Crippen LogP contribution in [0.1, 0.15) is 24.5 Å². The van der Waals surface area contributed by atoms with Crippen LogP contribution in [0.3, 0.4) is 0 Å². The highest BCUT2D eigenvalue weighted by Gasteiger charge is 2.19. The van der Waals surface area contributed by atoms with Crippen molar-refractivity contribution in [3.8, 4) is 5.75 Å². The molecule has 2 aromatic carbocycles. The Morgan fingerprint density at radius 3 is 2.26 bits per heavy atom. The summed E-state index contributed by atoms with van der Waals surface area (Å²) in [6, 6.07) is 12.6. The van der Waals surface area contributed by atoms with Gasteiger partial charge in [-0.25, -0.2) is 12.7 Å². The van der Waals surface area contributed by atoms with Crippen molar-refractivity contribution in [3.05, 3.63) is 53.6 Å². The van der Waals surface area contributed by atoms with Gasteiger partial charge in [0.15, 0.2) is 0 Å². The molecule has 1 amide bonds. The molecule has 0 radical (unpaired) electrons. The van der Waals surface area contributed by atoms with Crippen LogP contribution in [0, 0.1) is 0 Å². The first-order valence-corrected chi connectivity index (χ1v) is 10.2. The number of hydrogen-bond donors (Lipinski definition) is 1. The summed E-state index contributed by atoms with van der Waals surface area (Å²) in [6.07, 6.45) is 1.87. The quantitative estimate of drug-likeness (QED) is 0.752. The molecule has 0 unspecified atom stereocenters. The zero-order valence-corrected chi connectivity index (χ0v) is 17.0. The molecule has 0 aliphatic heterocycles. The van der Waals surface area contributed by atoms with Gasteiger partial charge in [0.25, 0.3) is 0 Å². The van der Waals surface area contributed by atoms with Crippen LogP contribution in [0.4, 0.5) is 5.69 Å². The smallest absolute Gasteiger partial charge is 0.242 e. The number of aryl methyl sites for hydroxylation is 2. The first-order chi connectivity index (χ1) is 12.8. The van der Waals surface area contributed by atoms with Gasteiger partial charge in [0.2, 0.25) is 15.9 Å². The second-order valence-corrected chi connectivity index (χ2v) is 8.52. The number of hydrogen-bond acceptors (Lipinski definition) is 4. The number of benzene rings is 2. The van der Waals surface area contributed by atoms with E-state index in [4.69, 9.17) is 4.74 Å². The van der Waals surface area contributed by atoms with Crippen molar-refractivity contribution >= 4 is 21.6 Å². The monoisotopic (exact) mass is 390 g/mol. The van der Waals surface area contributed by atoms with Gasteiger partial charge in [-0.15, -0.1) is 0 Å². The Morgan fingerprint density at radius 2 is 1.70 bits per heavy atom. The van der Waals surface area contributed by atoms with E-state index in [2.05, 4.69) is 24.4 Å². The second kappa shape index (κ2) is 9.01. The van der Waals surface area contributed by atoms with Gasteiger partial charge >= 0.3 is 0 Å². The molecule has 27 heavy (non-hydrogen) atoms. The van der Waals surface area contributed by atoms with Crippen molar-refractivity contribution in [2.24, 2.45) is 0 Å². The van der Waals surface area contributed by atoms with E-state index in [1.165, 1.54) is 45.0 Å². The fourth-order valence-electron chi connectivity index (χ4n) is 2.57. The fraction of sp³-hybridized carbons (Fsp3) is 0.350. The predicted molar refractivity (Wildman–Crippen MR) is 107 cm³/mol. The average molecular weight is 391 g/mol. The first-order valence-electron chi connectivity index (χ1n) is 8.76. The maximum atomic E-state index is 12.3. The zero-order chi connectivity index (χ0) is 20.0. The summed E-state index contributed by atoms with van der Waals surface area (Å²) >= 11 is 0. The fourth-order valence-corrected chi connectivity index (χ4v) is 3.50. The Morgan fingerprint density at radius 1 is 1.07 bits per heavy atom. The maximum Gasteiger partial charge on any atom is 0.242 e. The number of methoxy groups -OCH3 is 1. The van der Waals surface area contributed by atoms with Gasteiger partial charge < -0.3 is 10.1 Å². The summed E-state index contributed by atoms with van der Waals surface area (Å²) in [6.45, 7) is 2.10. The molecule has 7 heteroatoms. The molecule has 2 aromatic rings. The minimum absolute atomic E-state index is 0.0961. The van der Waals surface area contributed by atoms with E-state index in [-0.39, 0.29) is 10.8 Å². The number of nitrogens with zero attached hydrogens (tertiary/aromatic N) is 1. The van der Waals surface area contributed by atoms with Crippen LogP contribution in [-0.4, -0.2) is 39.8 Å². The van der Waals surface area contributed by atoms with Gasteiger partial charge in [-0.05, 0) is 42.2 Å². The van der Waals surface area contributed by atoms with Gasteiger partial charge in [-0.1, -0.05) is 31.2 Å². The molecule has 1 N–H and O–H groups in total. The molecule has 0 aromatic heterocycles. The number of ether oxygens (including phenoxy) is 1. The molecule has 2 rings (SSSR count). The number of rotatable bonds is 8. The number of carbonyl (C=O) groups excluding carboxylic acids is 1. The third kappa shape index (κ3) is 5.30. The first kappa shape index (κ1) is 20.9. The SMILES string of the molecule is CCc1ccc(CCC(=O)Nc2cc(S(=O)(=O)N(C)C)ccc2OC)cc1. The molecule has 0 atom stereocenters. The molecule has 6 nitrogen and oxygen atoms in total. The van der Waals surface area contributed by atoms with Crippen molar-refractivity contribution in [3.63, 3.8) is 0 Å². The molecule has 0 aliphatic carbocycles. The van der Waals surface area contributed by atoms with Gasteiger partial charge in [0.1, 0.15) is 5.75 Å². The van der Waals surface area contributed by atoms with Crippen LogP contribution in [0.15, 0.2) is 47.4 Å². The van der Waals surface area contributed by atoms with Gasteiger partial charge in [0, 0.05) is 20.5 Å².